The minimum Gasteiger partial charge on any atom is -0.508 e. The van der Waals surface area contributed by atoms with Crippen molar-refractivity contribution in [2.75, 3.05) is 0 Å². The summed E-state index contributed by atoms with van der Waals surface area (Å²) in [5.74, 6) is -1.51. The van der Waals surface area contributed by atoms with Crippen LogP contribution in [-0.4, -0.2) is 44.6 Å². The number of aliphatic hydroxyl groups is 2. The van der Waals surface area contributed by atoms with Gasteiger partial charge in [0.1, 0.15) is 23.7 Å². The van der Waals surface area contributed by atoms with Gasteiger partial charge in [0, 0.05) is 0 Å². The van der Waals surface area contributed by atoms with E-state index in [4.69, 9.17) is 25.2 Å². The Morgan fingerprint density at radius 1 is 1.05 bits per heavy atom. The number of ether oxygens (including phenoxy) is 1. The fraction of sp³-hybridized carbons (Fsp3) is 0.333. The van der Waals surface area contributed by atoms with E-state index >= 15 is 0 Å². The molecule has 7 heteroatoms. The van der Waals surface area contributed by atoms with E-state index in [1.54, 1.807) is 0 Å². The molecule has 0 aliphatic carbocycles. The molecule has 1 aromatic rings. The van der Waals surface area contributed by atoms with E-state index < -0.39 is 24.1 Å². The van der Waals surface area contributed by atoms with Gasteiger partial charge in [-0.2, -0.15) is 0 Å². The molecule has 2 atom stereocenters. The van der Waals surface area contributed by atoms with Crippen LogP contribution in [-0.2, 0) is 9.59 Å². The van der Waals surface area contributed by atoms with Crippen LogP contribution in [0.1, 0.15) is 13.8 Å². The number of hydrogen-bond donors (Lipinski definition) is 4. The van der Waals surface area contributed by atoms with Crippen molar-refractivity contribution in [2.45, 2.75) is 26.1 Å². The number of benzene rings is 1. The van der Waals surface area contributed by atoms with Crippen LogP contribution >= 0.6 is 0 Å². The van der Waals surface area contributed by atoms with Gasteiger partial charge in [-0.15, -0.1) is 0 Å². The van der Waals surface area contributed by atoms with Crippen LogP contribution < -0.4 is 4.74 Å². The van der Waals surface area contributed by atoms with E-state index in [9.17, 15) is 9.59 Å². The first-order valence-electron chi connectivity index (χ1n) is 5.33. The maximum Gasteiger partial charge on any atom is 0.340 e. The smallest absolute Gasteiger partial charge is 0.340 e. The largest absolute Gasteiger partial charge is 0.508 e. The zero-order valence-corrected chi connectivity index (χ0v) is 10.5. The number of aliphatic hydroxyl groups excluding tert-OH is 2. The summed E-state index contributed by atoms with van der Waals surface area (Å²) in [5, 5.41) is 33.5. The van der Waals surface area contributed by atoms with E-state index in [1.165, 1.54) is 38.1 Å². The zero-order valence-electron chi connectivity index (χ0n) is 10.5. The van der Waals surface area contributed by atoms with Crippen molar-refractivity contribution in [2.24, 2.45) is 0 Å². The fourth-order valence-corrected chi connectivity index (χ4v) is 0.716. The number of esters is 1. The molecule has 4 N–H and O–H groups in total. The average Bonchev–Trinajstić information content (AvgIpc) is 2.32. The minimum absolute atomic E-state index is 0.0943. The summed E-state index contributed by atoms with van der Waals surface area (Å²) >= 11 is 0. The summed E-state index contributed by atoms with van der Waals surface area (Å²) < 4.78 is 4.73. The van der Waals surface area contributed by atoms with Crippen LogP contribution in [0.2, 0.25) is 0 Å². The molecule has 0 fully saturated rings. The molecule has 0 heterocycles. The van der Waals surface area contributed by atoms with Gasteiger partial charge < -0.3 is 25.2 Å². The number of carbonyl (C=O) groups is 2. The molecule has 1 aromatic carbocycles. The van der Waals surface area contributed by atoms with Crippen molar-refractivity contribution in [1.29, 1.82) is 0 Å². The number of carboxylic acid groups (broad SMARTS) is 1. The summed E-state index contributed by atoms with van der Waals surface area (Å²) in [6.07, 6.45) is -2.38. The van der Waals surface area contributed by atoms with Crippen LogP contribution in [0, 0.1) is 0 Å². The molecule has 19 heavy (non-hydrogen) atoms. The molecule has 7 nitrogen and oxygen atoms in total. The monoisotopic (exact) mass is 272 g/mol. The molecule has 0 spiro atoms. The van der Waals surface area contributed by atoms with Crippen LogP contribution in [0.25, 0.3) is 0 Å². The predicted molar refractivity (Wildman–Crippen MR) is 64.7 cm³/mol. The van der Waals surface area contributed by atoms with E-state index in [-0.39, 0.29) is 5.75 Å². The summed E-state index contributed by atoms with van der Waals surface area (Å²) in [6, 6.07) is 5.67. The van der Waals surface area contributed by atoms with Gasteiger partial charge >= 0.3 is 11.9 Å². The Bertz CT molecular complexity index is 409. The molecule has 0 saturated heterocycles. The van der Waals surface area contributed by atoms with Crippen molar-refractivity contribution in [3.63, 3.8) is 0 Å². The van der Waals surface area contributed by atoms with Crippen molar-refractivity contribution in [3.8, 4) is 11.5 Å². The lowest BCUT2D eigenvalue weighted by atomic mass is 10.3. The molecule has 2 unspecified atom stereocenters. The van der Waals surface area contributed by atoms with Gasteiger partial charge in [-0.1, -0.05) is 0 Å². The molecule has 0 radical (unpaired) electrons. The highest BCUT2D eigenvalue weighted by atomic mass is 16.5. The van der Waals surface area contributed by atoms with Gasteiger partial charge in [0.05, 0.1) is 0 Å². The first-order chi connectivity index (χ1) is 8.73. The molecule has 0 aliphatic rings. The maximum absolute atomic E-state index is 10.9. The van der Waals surface area contributed by atoms with Gasteiger partial charge in [0.15, 0.2) is 0 Å². The standard InChI is InChI=1S/C9H10O4.C3H6O3/c1-6(10)9(12)13-8-4-2-7(11)3-5-8;1-2(4)3(5)6/h2-6,10-11H,1H3;2,4H,1H3,(H,5,6). The van der Waals surface area contributed by atoms with Crippen LogP contribution in [0.5, 0.6) is 11.5 Å². The number of phenolic OH excluding ortho intramolecular Hbond substituents is 1. The lowest BCUT2D eigenvalue weighted by Gasteiger charge is -2.05. The van der Waals surface area contributed by atoms with Crippen molar-refractivity contribution >= 4 is 11.9 Å². The predicted octanol–water partition coefficient (Wildman–Crippen LogP) is 0.130. The quantitative estimate of drug-likeness (QED) is 0.455. The van der Waals surface area contributed by atoms with E-state index in [0.717, 1.165) is 0 Å². The van der Waals surface area contributed by atoms with Gasteiger partial charge in [-0.05, 0) is 38.1 Å². The number of rotatable bonds is 3. The topological polar surface area (TPSA) is 124 Å². The first-order valence-corrected chi connectivity index (χ1v) is 5.33. The molecular weight excluding hydrogens is 256 g/mol. The SMILES string of the molecule is CC(O)C(=O)O.CC(O)C(=O)Oc1ccc(O)cc1. The Balaban J connectivity index is 0.000000459. The van der Waals surface area contributed by atoms with Crippen molar-refractivity contribution < 1.29 is 34.8 Å². The number of phenols is 1. The zero-order chi connectivity index (χ0) is 15.0. The molecule has 0 bridgehead atoms. The minimum atomic E-state index is -1.23. The van der Waals surface area contributed by atoms with E-state index in [0.29, 0.717) is 5.75 Å². The third-order valence-corrected chi connectivity index (χ3v) is 1.75. The highest BCUT2D eigenvalue weighted by Gasteiger charge is 2.10. The number of aromatic hydroxyl groups is 1. The third-order valence-electron chi connectivity index (χ3n) is 1.75. The molecule has 0 amide bonds. The number of hydrogen-bond acceptors (Lipinski definition) is 6. The fourth-order valence-electron chi connectivity index (χ4n) is 0.716. The van der Waals surface area contributed by atoms with Gasteiger partial charge in [0.2, 0.25) is 0 Å². The summed E-state index contributed by atoms with van der Waals surface area (Å²) in [5.41, 5.74) is 0. The molecular formula is C12H16O7. The molecule has 1 rings (SSSR count). The molecule has 0 saturated carbocycles. The molecule has 0 aromatic heterocycles. The third kappa shape index (κ3) is 7.74. The Morgan fingerprint density at radius 2 is 1.47 bits per heavy atom. The normalized spacial score (nSPS) is 12.6. The number of carboxylic acids is 1. The number of aliphatic carboxylic acids is 1. The first kappa shape index (κ1) is 16.9. The number of carbonyl (C=O) groups excluding carboxylic acids is 1. The lowest BCUT2D eigenvalue weighted by molar-refractivity contribution is -0.145. The average molecular weight is 272 g/mol. The second-order valence-corrected chi connectivity index (χ2v) is 3.61. The van der Waals surface area contributed by atoms with Gasteiger partial charge in [-0.25, -0.2) is 9.59 Å². The Morgan fingerprint density at radius 3 is 1.79 bits per heavy atom. The second kappa shape index (κ2) is 8.06. The highest BCUT2D eigenvalue weighted by molar-refractivity contribution is 5.76. The molecule has 0 aliphatic heterocycles. The van der Waals surface area contributed by atoms with Gasteiger partial charge in [0.25, 0.3) is 0 Å². The van der Waals surface area contributed by atoms with E-state index in [1.807, 2.05) is 0 Å². The Labute approximate surface area is 109 Å². The maximum atomic E-state index is 10.9. The summed E-state index contributed by atoms with van der Waals surface area (Å²) in [7, 11) is 0. The van der Waals surface area contributed by atoms with Gasteiger partial charge in [-0.3, -0.25) is 0 Å². The Kier molecular flexibility index (Phi) is 7.16. The van der Waals surface area contributed by atoms with Crippen LogP contribution in [0.4, 0.5) is 0 Å². The van der Waals surface area contributed by atoms with Crippen molar-refractivity contribution in [3.05, 3.63) is 24.3 Å². The summed E-state index contributed by atoms with van der Waals surface area (Å²) in [6.45, 7) is 2.52. The van der Waals surface area contributed by atoms with E-state index in [2.05, 4.69) is 0 Å². The summed E-state index contributed by atoms with van der Waals surface area (Å²) in [4.78, 5) is 20.3. The molecule has 106 valence electrons. The van der Waals surface area contributed by atoms with Crippen LogP contribution in [0.3, 0.4) is 0 Å². The van der Waals surface area contributed by atoms with Crippen LogP contribution in [0.15, 0.2) is 24.3 Å². The van der Waals surface area contributed by atoms with Crippen molar-refractivity contribution in [1.82, 2.24) is 0 Å². The lowest BCUT2D eigenvalue weighted by Crippen LogP contribution is -2.21. The second-order valence-electron chi connectivity index (χ2n) is 3.61. The highest BCUT2D eigenvalue weighted by Crippen LogP contribution is 2.16. The Hall–Kier alpha value is -2.12.